The first-order valence-electron chi connectivity index (χ1n) is 7.69. The molecular formula is C17H20N4O4. The summed E-state index contributed by atoms with van der Waals surface area (Å²) in [5, 5.41) is 10.5. The average Bonchev–Trinajstić information content (AvgIpc) is 3.07. The second-order valence-electron chi connectivity index (χ2n) is 5.38. The lowest BCUT2D eigenvalue weighted by molar-refractivity contribution is -0.124. The summed E-state index contributed by atoms with van der Waals surface area (Å²) < 4.78 is 5.12. The van der Waals surface area contributed by atoms with E-state index < -0.39 is 6.04 Å². The van der Waals surface area contributed by atoms with Crippen LogP contribution in [0, 0.1) is 0 Å². The zero-order valence-electron chi connectivity index (χ0n) is 14.0. The largest absolute Gasteiger partial charge is 0.467 e. The summed E-state index contributed by atoms with van der Waals surface area (Å²) in [5.74, 6) is 0.0522. The van der Waals surface area contributed by atoms with Gasteiger partial charge in [-0.25, -0.2) is 4.79 Å². The molecule has 2 aromatic rings. The molecule has 0 bridgehead atoms. The maximum Gasteiger partial charge on any atom is 0.319 e. The van der Waals surface area contributed by atoms with Crippen LogP contribution in [0.1, 0.15) is 19.6 Å². The van der Waals surface area contributed by atoms with Gasteiger partial charge in [-0.3, -0.25) is 9.59 Å². The van der Waals surface area contributed by atoms with Gasteiger partial charge in [0.25, 0.3) is 0 Å². The summed E-state index contributed by atoms with van der Waals surface area (Å²) >= 11 is 0. The van der Waals surface area contributed by atoms with Crippen LogP contribution in [-0.4, -0.2) is 23.9 Å². The molecule has 4 N–H and O–H groups in total. The Kier molecular flexibility index (Phi) is 6.16. The topological polar surface area (TPSA) is 112 Å². The Morgan fingerprint density at radius 3 is 2.24 bits per heavy atom. The third-order valence-electron chi connectivity index (χ3n) is 3.23. The van der Waals surface area contributed by atoms with E-state index in [0.717, 1.165) is 0 Å². The van der Waals surface area contributed by atoms with Crippen molar-refractivity contribution >= 4 is 29.2 Å². The number of carbonyl (C=O) groups excluding carboxylic acids is 3. The molecule has 1 aromatic carbocycles. The number of nitrogens with one attached hydrogen (secondary N) is 4. The summed E-state index contributed by atoms with van der Waals surface area (Å²) in [6.07, 6.45) is 1.54. The molecule has 8 heteroatoms. The van der Waals surface area contributed by atoms with Crippen LogP contribution in [0.15, 0.2) is 47.1 Å². The van der Waals surface area contributed by atoms with Gasteiger partial charge in [0.1, 0.15) is 11.8 Å². The molecule has 0 aliphatic heterocycles. The predicted octanol–water partition coefficient (Wildman–Crippen LogP) is 2.06. The van der Waals surface area contributed by atoms with Crippen molar-refractivity contribution in [1.82, 2.24) is 10.6 Å². The summed E-state index contributed by atoms with van der Waals surface area (Å²) in [7, 11) is 0. The molecule has 2 rings (SSSR count). The number of furan rings is 1. The first-order valence-corrected chi connectivity index (χ1v) is 7.69. The lowest BCUT2D eigenvalue weighted by atomic mass is 10.2. The highest BCUT2D eigenvalue weighted by Gasteiger charge is 2.13. The molecule has 1 heterocycles. The molecule has 0 aliphatic rings. The van der Waals surface area contributed by atoms with Gasteiger partial charge in [0.15, 0.2) is 0 Å². The third kappa shape index (κ3) is 6.02. The van der Waals surface area contributed by atoms with E-state index >= 15 is 0 Å². The van der Waals surface area contributed by atoms with Crippen molar-refractivity contribution < 1.29 is 18.8 Å². The lowest BCUT2D eigenvalue weighted by Crippen LogP contribution is -2.40. The number of hydrogen-bond acceptors (Lipinski definition) is 4. The maximum atomic E-state index is 11.9. The lowest BCUT2D eigenvalue weighted by Gasteiger charge is -2.13. The van der Waals surface area contributed by atoms with Crippen LogP contribution >= 0.6 is 0 Å². The van der Waals surface area contributed by atoms with Gasteiger partial charge >= 0.3 is 6.03 Å². The molecule has 132 valence electrons. The van der Waals surface area contributed by atoms with Crippen molar-refractivity contribution in [3.05, 3.63) is 48.4 Å². The third-order valence-corrected chi connectivity index (χ3v) is 3.23. The Balaban J connectivity index is 1.81. The minimum absolute atomic E-state index is 0.275. The van der Waals surface area contributed by atoms with Crippen LogP contribution in [0.2, 0.25) is 0 Å². The number of benzene rings is 1. The first-order chi connectivity index (χ1) is 11.9. The summed E-state index contributed by atoms with van der Waals surface area (Å²) in [4.78, 5) is 34.6. The number of anilines is 2. The van der Waals surface area contributed by atoms with Crippen LogP contribution in [0.3, 0.4) is 0 Å². The van der Waals surface area contributed by atoms with Gasteiger partial charge in [0.2, 0.25) is 11.8 Å². The minimum atomic E-state index is -0.636. The Bertz CT molecular complexity index is 726. The molecule has 0 fully saturated rings. The van der Waals surface area contributed by atoms with E-state index in [1.54, 1.807) is 43.3 Å². The van der Waals surface area contributed by atoms with Crippen LogP contribution in [0.4, 0.5) is 16.2 Å². The van der Waals surface area contributed by atoms with E-state index in [-0.39, 0.29) is 24.4 Å². The Morgan fingerprint density at radius 2 is 1.68 bits per heavy atom. The molecule has 0 radical (unpaired) electrons. The van der Waals surface area contributed by atoms with Crippen molar-refractivity contribution in [2.45, 2.75) is 26.4 Å². The Morgan fingerprint density at radius 1 is 1.04 bits per heavy atom. The number of carbonyl (C=O) groups is 3. The highest BCUT2D eigenvalue weighted by molar-refractivity contribution is 5.97. The minimum Gasteiger partial charge on any atom is -0.467 e. The summed E-state index contributed by atoms with van der Waals surface area (Å²) in [6.45, 7) is 3.23. The van der Waals surface area contributed by atoms with Crippen molar-refractivity contribution in [1.29, 1.82) is 0 Å². The number of rotatable bonds is 6. The quantitative estimate of drug-likeness (QED) is 0.642. The molecule has 0 saturated heterocycles. The van der Waals surface area contributed by atoms with Crippen LogP contribution in [0.5, 0.6) is 0 Å². The first kappa shape index (κ1) is 18.1. The van der Waals surface area contributed by atoms with Gasteiger partial charge in [0.05, 0.1) is 12.8 Å². The van der Waals surface area contributed by atoms with Crippen molar-refractivity contribution in [3.63, 3.8) is 0 Å². The van der Waals surface area contributed by atoms with Crippen molar-refractivity contribution in [2.75, 3.05) is 10.6 Å². The van der Waals surface area contributed by atoms with Gasteiger partial charge in [-0.05, 0) is 43.3 Å². The van der Waals surface area contributed by atoms with E-state index in [1.807, 2.05) is 0 Å². The standard InChI is InChI=1S/C17H20N4O4/c1-11(19-12(2)22)16(23)20-13-5-7-14(8-6-13)21-17(24)18-10-15-4-3-9-25-15/h3-9,11H,10H2,1-2H3,(H,19,22)(H,20,23)(H2,18,21,24)/t11-/m0/s1. The van der Waals surface area contributed by atoms with Crippen LogP contribution in [-0.2, 0) is 16.1 Å². The van der Waals surface area contributed by atoms with E-state index in [2.05, 4.69) is 21.3 Å². The van der Waals surface area contributed by atoms with E-state index in [0.29, 0.717) is 17.1 Å². The van der Waals surface area contributed by atoms with Gasteiger partial charge in [0, 0.05) is 18.3 Å². The van der Waals surface area contributed by atoms with E-state index in [4.69, 9.17) is 4.42 Å². The fourth-order valence-electron chi connectivity index (χ4n) is 2.01. The highest BCUT2D eigenvalue weighted by Crippen LogP contribution is 2.13. The van der Waals surface area contributed by atoms with Gasteiger partial charge < -0.3 is 25.7 Å². The van der Waals surface area contributed by atoms with Crippen LogP contribution < -0.4 is 21.3 Å². The SMILES string of the molecule is CC(=O)N[C@@H](C)C(=O)Nc1ccc(NC(=O)NCc2ccco2)cc1. The smallest absolute Gasteiger partial charge is 0.319 e. The molecule has 8 nitrogen and oxygen atoms in total. The Hall–Kier alpha value is -3.29. The maximum absolute atomic E-state index is 11.9. The molecule has 0 aliphatic carbocycles. The molecule has 0 saturated carbocycles. The molecule has 1 atom stereocenters. The highest BCUT2D eigenvalue weighted by atomic mass is 16.3. The molecule has 0 unspecified atom stereocenters. The van der Waals surface area contributed by atoms with E-state index in [1.165, 1.54) is 13.2 Å². The Labute approximate surface area is 145 Å². The molecule has 1 aromatic heterocycles. The van der Waals surface area contributed by atoms with E-state index in [9.17, 15) is 14.4 Å². The second kappa shape index (κ2) is 8.53. The number of urea groups is 1. The van der Waals surface area contributed by atoms with Crippen molar-refractivity contribution in [3.8, 4) is 0 Å². The second-order valence-corrected chi connectivity index (χ2v) is 5.38. The summed E-state index contributed by atoms with van der Waals surface area (Å²) in [6, 6.07) is 9.13. The van der Waals surface area contributed by atoms with Gasteiger partial charge in [-0.1, -0.05) is 0 Å². The number of amides is 4. The van der Waals surface area contributed by atoms with Crippen molar-refractivity contribution in [2.24, 2.45) is 0 Å². The normalized spacial score (nSPS) is 11.3. The van der Waals surface area contributed by atoms with Crippen LogP contribution in [0.25, 0.3) is 0 Å². The molecule has 0 spiro atoms. The zero-order chi connectivity index (χ0) is 18.2. The fourth-order valence-corrected chi connectivity index (χ4v) is 2.01. The molecule has 25 heavy (non-hydrogen) atoms. The van der Waals surface area contributed by atoms with Gasteiger partial charge in [-0.2, -0.15) is 0 Å². The summed E-state index contributed by atoms with van der Waals surface area (Å²) in [5.41, 5.74) is 1.13. The van der Waals surface area contributed by atoms with Gasteiger partial charge in [-0.15, -0.1) is 0 Å². The number of hydrogen-bond donors (Lipinski definition) is 4. The molecule has 4 amide bonds. The zero-order valence-corrected chi connectivity index (χ0v) is 14.0. The predicted molar refractivity (Wildman–Crippen MR) is 92.9 cm³/mol. The fraction of sp³-hybridized carbons (Fsp3) is 0.235. The monoisotopic (exact) mass is 344 g/mol. The molecular weight excluding hydrogens is 324 g/mol. The average molecular weight is 344 g/mol.